The molecule has 3 nitrogen and oxygen atoms in total. The maximum absolute atomic E-state index is 12.1. The van der Waals surface area contributed by atoms with Crippen LogP contribution >= 0.6 is 23.5 Å². The van der Waals surface area contributed by atoms with Crippen LogP contribution in [0.1, 0.15) is 12.8 Å². The molecule has 2 aliphatic heterocycles. The second-order valence-electron chi connectivity index (χ2n) is 4.10. The van der Waals surface area contributed by atoms with Crippen LogP contribution in [0.4, 0.5) is 0 Å². The fourth-order valence-corrected chi connectivity index (χ4v) is 4.58. The first kappa shape index (κ1) is 11.6. The fraction of sp³-hybridized carbons (Fsp3) is 0.900. The van der Waals surface area contributed by atoms with Crippen LogP contribution < -0.4 is 5.73 Å². The average Bonchev–Trinajstić information content (AvgIpc) is 2.30. The van der Waals surface area contributed by atoms with Crippen LogP contribution in [0.5, 0.6) is 0 Å². The Morgan fingerprint density at radius 3 is 2.60 bits per heavy atom. The van der Waals surface area contributed by atoms with Crippen molar-refractivity contribution >= 4 is 29.4 Å². The summed E-state index contributed by atoms with van der Waals surface area (Å²) in [6.07, 6.45) is 1.94. The van der Waals surface area contributed by atoms with Gasteiger partial charge in [-0.25, -0.2) is 0 Å². The molecule has 0 aromatic heterocycles. The number of piperidine rings is 1. The number of thioether (sulfide) groups is 2. The van der Waals surface area contributed by atoms with E-state index in [1.54, 1.807) is 0 Å². The molecule has 0 spiro atoms. The van der Waals surface area contributed by atoms with E-state index in [0.29, 0.717) is 11.9 Å². The normalized spacial score (nSPS) is 29.1. The summed E-state index contributed by atoms with van der Waals surface area (Å²) in [6, 6.07) is 0.308. The van der Waals surface area contributed by atoms with Crippen LogP contribution in [-0.2, 0) is 4.79 Å². The van der Waals surface area contributed by atoms with Crippen molar-refractivity contribution in [3.8, 4) is 0 Å². The predicted molar refractivity (Wildman–Crippen MR) is 67.4 cm³/mol. The van der Waals surface area contributed by atoms with Gasteiger partial charge in [0.05, 0.1) is 5.25 Å². The average molecular weight is 246 g/mol. The smallest absolute Gasteiger partial charge is 0.236 e. The molecule has 15 heavy (non-hydrogen) atoms. The Labute approximate surface area is 99.5 Å². The van der Waals surface area contributed by atoms with Gasteiger partial charge in [-0.05, 0) is 12.8 Å². The number of amides is 1. The molecule has 2 rings (SSSR count). The van der Waals surface area contributed by atoms with Crippen LogP contribution in [0.2, 0.25) is 0 Å². The van der Waals surface area contributed by atoms with Crippen molar-refractivity contribution < 1.29 is 4.79 Å². The van der Waals surface area contributed by atoms with Gasteiger partial charge >= 0.3 is 0 Å². The summed E-state index contributed by atoms with van der Waals surface area (Å²) in [7, 11) is 0. The monoisotopic (exact) mass is 246 g/mol. The van der Waals surface area contributed by atoms with Crippen LogP contribution in [-0.4, -0.2) is 52.4 Å². The molecular weight excluding hydrogens is 228 g/mol. The summed E-state index contributed by atoms with van der Waals surface area (Å²) in [5.41, 5.74) is 5.83. The van der Waals surface area contributed by atoms with E-state index in [1.165, 1.54) is 5.75 Å². The van der Waals surface area contributed by atoms with Crippen molar-refractivity contribution in [2.24, 2.45) is 5.73 Å². The maximum Gasteiger partial charge on any atom is 0.236 e. The highest BCUT2D eigenvalue weighted by Gasteiger charge is 2.28. The first-order valence-corrected chi connectivity index (χ1v) is 7.71. The molecule has 0 aromatic carbocycles. The van der Waals surface area contributed by atoms with E-state index in [-0.39, 0.29) is 5.25 Å². The highest BCUT2D eigenvalue weighted by molar-refractivity contribution is 8.07. The Bertz CT molecular complexity index is 223. The number of hydrogen-bond acceptors (Lipinski definition) is 4. The Hall–Kier alpha value is 0.130. The lowest BCUT2D eigenvalue weighted by molar-refractivity contribution is -0.131. The molecule has 2 fully saturated rings. The van der Waals surface area contributed by atoms with Gasteiger partial charge in [-0.3, -0.25) is 4.79 Å². The van der Waals surface area contributed by atoms with E-state index in [1.807, 2.05) is 28.4 Å². The lowest BCUT2D eigenvalue weighted by Gasteiger charge is -2.33. The Morgan fingerprint density at radius 1 is 1.27 bits per heavy atom. The highest BCUT2D eigenvalue weighted by atomic mass is 32.2. The number of rotatable bonds is 1. The number of hydrogen-bond donors (Lipinski definition) is 1. The van der Waals surface area contributed by atoms with E-state index in [2.05, 4.69) is 0 Å². The molecule has 2 saturated heterocycles. The summed E-state index contributed by atoms with van der Waals surface area (Å²) in [4.78, 5) is 14.1. The maximum atomic E-state index is 12.1. The van der Waals surface area contributed by atoms with Gasteiger partial charge in [0, 0.05) is 36.4 Å². The van der Waals surface area contributed by atoms with Gasteiger partial charge in [0.2, 0.25) is 5.91 Å². The Morgan fingerprint density at radius 2 is 2.00 bits per heavy atom. The van der Waals surface area contributed by atoms with Crippen molar-refractivity contribution in [3.05, 3.63) is 0 Å². The minimum absolute atomic E-state index is 0.207. The van der Waals surface area contributed by atoms with Gasteiger partial charge in [0.15, 0.2) is 0 Å². The quantitative estimate of drug-likeness (QED) is 0.743. The van der Waals surface area contributed by atoms with Crippen LogP contribution in [0.15, 0.2) is 0 Å². The largest absolute Gasteiger partial charge is 0.342 e. The molecule has 0 saturated carbocycles. The summed E-state index contributed by atoms with van der Waals surface area (Å²) >= 11 is 3.73. The van der Waals surface area contributed by atoms with Crippen LogP contribution in [0, 0.1) is 0 Å². The Balaban J connectivity index is 1.84. The number of carbonyl (C=O) groups excluding carboxylic acids is 1. The highest BCUT2D eigenvalue weighted by Crippen LogP contribution is 2.26. The number of likely N-dealkylation sites (tertiary alicyclic amines) is 1. The van der Waals surface area contributed by atoms with Gasteiger partial charge in [-0.2, -0.15) is 11.8 Å². The van der Waals surface area contributed by atoms with Gasteiger partial charge in [-0.1, -0.05) is 0 Å². The zero-order valence-electron chi connectivity index (χ0n) is 8.85. The third-order valence-electron chi connectivity index (χ3n) is 2.94. The standard InChI is InChI=1S/C10H18N2OS2/c11-8-1-3-12(4-2-8)10(13)9-7-14-5-6-15-9/h8-9H,1-7,11H2/t9-/m1/s1. The van der Waals surface area contributed by atoms with Crippen molar-refractivity contribution in [1.82, 2.24) is 4.90 Å². The van der Waals surface area contributed by atoms with Crippen molar-refractivity contribution in [2.75, 3.05) is 30.3 Å². The van der Waals surface area contributed by atoms with E-state index in [9.17, 15) is 4.79 Å². The molecule has 0 radical (unpaired) electrons. The van der Waals surface area contributed by atoms with Gasteiger partial charge < -0.3 is 10.6 Å². The van der Waals surface area contributed by atoms with Gasteiger partial charge in [-0.15, -0.1) is 11.8 Å². The van der Waals surface area contributed by atoms with Crippen molar-refractivity contribution in [1.29, 1.82) is 0 Å². The summed E-state index contributed by atoms with van der Waals surface area (Å²) < 4.78 is 0. The number of carbonyl (C=O) groups is 1. The third kappa shape index (κ3) is 3.04. The minimum Gasteiger partial charge on any atom is -0.342 e. The summed E-state index contributed by atoms with van der Waals surface area (Å²) in [5.74, 6) is 3.65. The van der Waals surface area contributed by atoms with Gasteiger partial charge in [0.1, 0.15) is 0 Å². The summed E-state index contributed by atoms with van der Waals surface area (Å²) in [6.45, 7) is 1.73. The second kappa shape index (κ2) is 5.46. The van der Waals surface area contributed by atoms with Crippen molar-refractivity contribution in [2.45, 2.75) is 24.1 Å². The van der Waals surface area contributed by atoms with E-state index in [4.69, 9.17) is 5.73 Å². The minimum atomic E-state index is 0.207. The van der Waals surface area contributed by atoms with Crippen LogP contribution in [0.25, 0.3) is 0 Å². The van der Waals surface area contributed by atoms with E-state index >= 15 is 0 Å². The second-order valence-corrected chi connectivity index (χ2v) is 6.56. The molecule has 2 aliphatic rings. The molecule has 1 amide bonds. The predicted octanol–water partition coefficient (Wildman–Crippen LogP) is 0.785. The molecule has 0 unspecified atom stereocenters. The first-order chi connectivity index (χ1) is 7.27. The van der Waals surface area contributed by atoms with E-state index in [0.717, 1.165) is 37.4 Å². The molecule has 0 bridgehead atoms. The molecule has 1 atom stereocenters. The van der Waals surface area contributed by atoms with Gasteiger partial charge in [0.25, 0.3) is 0 Å². The lowest BCUT2D eigenvalue weighted by Crippen LogP contribution is -2.47. The molecule has 5 heteroatoms. The third-order valence-corrected chi connectivity index (χ3v) is 5.68. The zero-order valence-corrected chi connectivity index (χ0v) is 10.5. The molecular formula is C10H18N2OS2. The van der Waals surface area contributed by atoms with Crippen LogP contribution in [0.3, 0.4) is 0 Å². The van der Waals surface area contributed by atoms with Crippen molar-refractivity contribution in [3.63, 3.8) is 0 Å². The zero-order chi connectivity index (χ0) is 10.7. The fourth-order valence-electron chi connectivity index (χ4n) is 1.95. The Kier molecular flexibility index (Phi) is 4.22. The van der Waals surface area contributed by atoms with E-state index < -0.39 is 0 Å². The molecule has 2 N–H and O–H groups in total. The molecule has 0 aromatic rings. The first-order valence-electron chi connectivity index (χ1n) is 5.51. The lowest BCUT2D eigenvalue weighted by atomic mass is 10.1. The number of nitrogens with two attached hydrogens (primary N) is 1. The topological polar surface area (TPSA) is 46.3 Å². The molecule has 86 valence electrons. The number of nitrogens with zero attached hydrogens (tertiary/aromatic N) is 1. The molecule has 2 heterocycles. The SMILES string of the molecule is NC1CCN(C(=O)[C@H]2CSCCS2)CC1. The molecule has 0 aliphatic carbocycles. The summed E-state index contributed by atoms with van der Waals surface area (Å²) in [5, 5.41) is 0.207.